The Kier molecular flexibility index (Phi) is 4.63. The van der Waals surface area contributed by atoms with Gasteiger partial charge in [0.2, 0.25) is 0 Å². The lowest BCUT2D eigenvalue weighted by Gasteiger charge is -2.17. The van der Waals surface area contributed by atoms with E-state index in [4.69, 9.17) is 16.3 Å². The van der Waals surface area contributed by atoms with Crippen molar-refractivity contribution in [2.75, 3.05) is 13.7 Å². The predicted molar refractivity (Wildman–Crippen MR) is 94.3 cm³/mol. The molecule has 0 heterocycles. The van der Waals surface area contributed by atoms with E-state index in [-0.39, 0.29) is 16.7 Å². The zero-order valence-electron chi connectivity index (χ0n) is 13.6. The number of nitro benzene ring substituents is 1. The summed E-state index contributed by atoms with van der Waals surface area (Å²) in [6, 6.07) is 11.7. The number of benzene rings is 2. The maximum Gasteiger partial charge on any atom is 0.282 e. The molecule has 0 aromatic heterocycles. The number of nitrogens with zero attached hydrogens (tertiary/aromatic N) is 1. The van der Waals surface area contributed by atoms with E-state index in [0.717, 1.165) is 18.4 Å². The van der Waals surface area contributed by atoms with Gasteiger partial charge in [-0.3, -0.25) is 14.9 Å². The minimum atomic E-state index is -0.569. The van der Waals surface area contributed by atoms with Gasteiger partial charge in [0.1, 0.15) is 11.3 Å². The van der Waals surface area contributed by atoms with Crippen molar-refractivity contribution in [3.8, 4) is 5.75 Å². The van der Waals surface area contributed by atoms with Gasteiger partial charge in [0.05, 0.1) is 12.0 Å². The molecule has 0 aliphatic heterocycles. The van der Waals surface area contributed by atoms with Gasteiger partial charge in [0.15, 0.2) is 0 Å². The van der Waals surface area contributed by atoms with Gasteiger partial charge in [0.25, 0.3) is 11.6 Å². The fourth-order valence-electron chi connectivity index (χ4n) is 2.85. The molecule has 1 amide bonds. The number of amides is 1. The molecule has 1 fully saturated rings. The zero-order chi connectivity index (χ0) is 18.0. The Labute approximate surface area is 149 Å². The molecule has 1 aliphatic rings. The quantitative estimate of drug-likeness (QED) is 0.628. The van der Waals surface area contributed by atoms with Crippen molar-refractivity contribution < 1.29 is 14.5 Å². The maximum atomic E-state index is 12.5. The summed E-state index contributed by atoms with van der Waals surface area (Å²) >= 11 is 5.92. The third-order valence-electron chi connectivity index (χ3n) is 4.54. The first-order valence-corrected chi connectivity index (χ1v) is 8.20. The standard InChI is InChI=1S/C18H17ClN2O4/c1-25-14-6-7-16(21(23)24)15(10-14)17(22)20-11-18(8-9-18)12-2-4-13(19)5-3-12/h2-7,10H,8-9,11H2,1H3,(H,20,22). The Morgan fingerprint density at radius 1 is 1.28 bits per heavy atom. The molecular weight excluding hydrogens is 344 g/mol. The minimum absolute atomic E-state index is 0.00347. The van der Waals surface area contributed by atoms with Crippen molar-refractivity contribution in [2.24, 2.45) is 0 Å². The summed E-state index contributed by atoms with van der Waals surface area (Å²) in [6.07, 6.45) is 1.91. The maximum absolute atomic E-state index is 12.5. The van der Waals surface area contributed by atoms with Crippen molar-refractivity contribution in [1.82, 2.24) is 5.32 Å². The lowest BCUT2D eigenvalue weighted by molar-refractivity contribution is -0.385. The van der Waals surface area contributed by atoms with E-state index in [1.807, 2.05) is 24.3 Å². The summed E-state index contributed by atoms with van der Waals surface area (Å²) in [6.45, 7) is 0.418. The molecule has 0 spiro atoms. The molecule has 0 unspecified atom stereocenters. The summed E-state index contributed by atoms with van der Waals surface area (Å²) in [5.74, 6) is -0.0829. The molecule has 0 saturated heterocycles. The largest absolute Gasteiger partial charge is 0.497 e. The highest BCUT2D eigenvalue weighted by Gasteiger charge is 2.44. The van der Waals surface area contributed by atoms with Gasteiger partial charge in [0, 0.05) is 23.0 Å². The number of methoxy groups -OCH3 is 1. The fourth-order valence-corrected chi connectivity index (χ4v) is 2.98. The summed E-state index contributed by atoms with van der Waals surface area (Å²) in [4.78, 5) is 23.1. The van der Waals surface area contributed by atoms with Crippen LogP contribution in [0.15, 0.2) is 42.5 Å². The van der Waals surface area contributed by atoms with Crippen LogP contribution >= 0.6 is 11.6 Å². The van der Waals surface area contributed by atoms with Crippen molar-refractivity contribution >= 4 is 23.2 Å². The van der Waals surface area contributed by atoms with Crippen molar-refractivity contribution in [3.63, 3.8) is 0 Å². The van der Waals surface area contributed by atoms with Gasteiger partial charge in [-0.05, 0) is 42.7 Å². The molecule has 1 N–H and O–H groups in total. The number of nitrogens with one attached hydrogen (secondary N) is 1. The Balaban J connectivity index is 1.77. The lowest BCUT2D eigenvalue weighted by Crippen LogP contribution is -2.32. The van der Waals surface area contributed by atoms with E-state index in [2.05, 4.69) is 5.32 Å². The molecule has 25 heavy (non-hydrogen) atoms. The first kappa shape index (κ1) is 17.2. The molecule has 1 aliphatic carbocycles. The van der Waals surface area contributed by atoms with Crippen LogP contribution in [0, 0.1) is 10.1 Å². The highest BCUT2D eigenvalue weighted by atomic mass is 35.5. The van der Waals surface area contributed by atoms with Gasteiger partial charge in [-0.15, -0.1) is 0 Å². The summed E-state index contributed by atoms with van der Waals surface area (Å²) in [5.41, 5.74) is 0.747. The van der Waals surface area contributed by atoms with Crippen molar-refractivity contribution in [3.05, 3.63) is 68.7 Å². The monoisotopic (exact) mass is 360 g/mol. The number of halogens is 1. The average molecular weight is 361 g/mol. The minimum Gasteiger partial charge on any atom is -0.497 e. The number of carbonyl (C=O) groups excluding carboxylic acids is 1. The Morgan fingerprint density at radius 2 is 1.96 bits per heavy atom. The van der Waals surface area contributed by atoms with E-state index in [0.29, 0.717) is 17.3 Å². The molecule has 3 rings (SSSR count). The molecule has 0 radical (unpaired) electrons. The van der Waals surface area contributed by atoms with Crippen molar-refractivity contribution in [2.45, 2.75) is 18.3 Å². The highest BCUT2D eigenvalue weighted by molar-refractivity contribution is 6.30. The van der Waals surface area contributed by atoms with Crippen LogP contribution in [0.5, 0.6) is 5.75 Å². The van der Waals surface area contributed by atoms with Crippen LogP contribution in [0.3, 0.4) is 0 Å². The third kappa shape index (κ3) is 3.58. The van der Waals surface area contributed by atoms with Crippen LogP contribution in [0.2, 0.25) is 5.02 Å². The second-order valence-electron chi connectivity index (χ2n) is 6.11. The number of nitro groups is 1. The van der Waals surface area contributed by atoms with Crippen LogP contribution in [0.1, 0.15) is 28.8 Å². The van der Waals surface area contributed by atoms with E-state index in [1.165, 1.54) is 25.3 Å². The van der Waals surface area contributed by atoms with Crippen molar-refractivity contribution in [1.29, 1.82) is 0 Å². The highest BCUT2D eigenvalue weighted by Crippen LogP contribution is 2.47. The number of ether oxygens (including phenoxy) is 1. The van der Waals surface area contributed by atoms with Crippen LogP contribution in [0.25, 0.3) is 0 Å². The average Bonchev–Trinajstić information content (AvgIpc) is 3.40. The Morgan fingerprint density at radius 3 is 2.52 bits per heavy atom. The number of hydrogen-bond donors (Lipinski definition) is 1. The first-order valence-electron chi connectivity index (χ1n) is 7.82. The van der Waals surface area contributed by atoms with Crippen LogP contribution in [0.4, 0.5) is 5.69 Å². The molecule has 2 aromatic carbocycles. The molecule has 2 aromatic rings. The Hall–Kier alpha value is -2.60. The predicted octanol–water partition coefficient (Wildman–Crippen LogP) is 3.72. The second-order valence-corrected chi connectivity index (χ2v) is 6.55. The lowest BCUT2D eigenvalue weighted by atomic mass is 9.96. The van der Waals surface area contributed by atoms with Gasteiger partial charge in [-0.1, -0.05) is 23.7 Å². The number of rotatable bonds is 6. The molecule has 6 nitrogen and oxygen atoms in total. The summed E-state index contributed by atoms with van der Waals surface area (Å²) in [5, 5.41) is 14.7. The summed E-state index contributed by atoms with van der Waals surface area (Å²) < 4.78 is 5.06. The van der Waals surface area contributed by atoms with E-state index >= 15 is 0 Å². The van der Waals surface area contributed by atoms with Gasteiger partial charge < -0.3 is 10.1 Å². The smallest absolute Gasteiger partial charge is 0.282 e. The molecule has 0 atom stereocenters. The Bertz CT molecular complexity index is 816. The molecule has 1 saturated carbocycles. The van der Waals surface area contributed by atoms with Crippen LogP contribution in [-0.2, 0) is 5.41 Å². The van der Waals surface area contributed by atoms with Gasteiger partial charge >= 0.3 is 0 Å². The number of hydrogen-bond acceptors (Lipinski definition) is 4. The third-order valence-corrected chi connectivity index (χ3v) is 4.79. The fraction of sp³-hybridized carbons (Fsp3) is 0.278. The van der Waals surface area contributed by atoms with E-state index in [1.54, 1.807) is 0 Å². The molecule has 7 heteroatoms. The van der Waals surface area contributed by atoms with Crippen LogP contribution in [-0.4, -0.2) is 24.5 Å². The molecular formula is C18H17ClN2O4. The van der Waals surface area contributed by atoms with E-state index in [9.17, 15) is 14.9 Å². The molecule has 0 bridgehead atoms. The normalized spacial score (nSPS) is 14.6. The van der Waals surface area contributed by atoms with Gasteiger partial charge in [-0.2, -0.15) is 0 Å². The van der Waals surface area contributed by atoms with Gasteiger partial charge in [-0.25, -0.2) is 0 Å². The second kappa shape index (κ2) is 6.72. The summed E-state index contributed by atoms with van der Waals surface area (Å²) in [7, 11) is 1.45. The topological polar surface area (TPSA) is 81.5 Å². The number of carbonyl (C=O) groups is 1. The SMILES string of the molecule is COc1ccc([N+](=O)[O-])c(C(=O)NCC2(c3ccc(Cl)cc3)CC2)c1. The zero-order valence-corrected chi connectivity index (χ0v) is 14.4. The molecule has 130 valence electrons. The first-order chi connectivity index (χ1) is 11.9. The van der Waals surface area contributed by atoms with Crippen LogP contribution < -0.4 is 10.1 Å². The van der Waals surface area contributed by atoms with E-state index < -0.39 is 10.8 Å².